The molecule has 1 aliphatic heterocycles. The molecule has 1 aromatic carbocycles. The fraction of sp³-hybridized carbons (Fsp3) is 0.579. The summed E-state index contributed by atoms with van der Waals surface area (Å²) >= 11 is 0. The molecule has 0 aromatic heterocycles. The Kier molecular flexibility index (Phi) is 7.72. The van der Waals surface area contributed by atoms with Crippen molar-refractivity contribution in [3.8, 4) is 5.75 Å². The van der Waals surface area contributed by atoms with Crippen molar-refractivity contribution in [3.63, 3.8) is 0 Å². The highest BCUT2D eigenvalue weighted by atomic mass is 16.5. The Labute approximate surface area is 155 Å². The van der Waals surface area contributed by atoms with Gasteiger partial charge in [-0.1, -0.05) is 26.0 Å². The van der Waals surface area contributed by atoms with Crippen molar-refractivity contribution >= 4 is 12.0 Å². The molecule has 7 nitrogen and oxygen atoms in total. The number of carbonyl (C=O) groups excluding carboxylic acids is 2. The van der Waals surface area contributed by atoms with Gasteiger partial charge in [0.25, 0.3) is 5.91 Å². The number of benzene rings is 1. The minimum Gasteiger partial charge on any atom is -0.484 e. The van der Waals surface area contributed by atoms with Gasteiger partial charge in [0.15, 0.2) is 6.61 Å². The number of hydrogen-bond donors (Lipinski definition) is 1. The van der Waals surface area contributed by atoms with Gasteiger partial charge in [-0.25, -0.2) is 4.79 Å². The maximum absolute atomic E-state index is 11.9. The minimum atomic E-state index is -0.281. The number of hydrogen-bond acceptors (Lipinski definition) is 5. The molecule has 1 heterocycles. The fourth-order valence-corrected chi connectivity index (χ4v) is 2.79. The molecule has 0 spiro atoms. The first-order chi connectivity index (χ1) is 12.5. The molecular weight excluding hydrogens is 334 g/mol. The molecule has 1 aromatic rings. The third-order valence-corrected chi connectivity index (χ3v) is 4.47. The normalized spacial score (nSPS) is 15.0. The van der Waals surface area contributed by atoms with Crippen molar-refractivity contribution in [1.82, 2.24) is 15.1 Å². The highest BCUT2D eigenvalue weighted by molar-refractivity contribution is 5.77. The van der Waals surface area contributed by atoms with E-state index in [2.05, 4.69) is 24.1 Å². The first-order valence-electron chi connectivity index (χ1n) is 9.04. The molecule has 1 saturated heterocycles. The van der Waals surface area contributed by atoms with Crippen molar-refractivity contribution in [1.29, 1.82) is 0 Å². The number of methoxy groups -OCH3 is 1. The van der Waals surface area contributed by atoms with Gasteiger partial charge in [-0.2, -0.15) is 0 Å². The van der Waals surface area contributed by atoms with Crippen molar-refractivity contribution in [3.05, 3.63) is 29.8 Å². The summed E-state index contributed by atoms with van der Waals surface area (Å²) < 4.78 is 10.2. The minimum absolute atomic E-state index is 0.0111. The Morgan fingerprint density at radius 3 is 2.35 bits per heavy atom. The van der Waals surface area contributed by atoms with Crippen molar-refractivity contribution in [2.24, 2.45) is 0 Å². The largest absolute Gasteiger partial charge is 0.484 e. The van der Waals surface area contributed by atoms with Gasteiger partial charge in [0.1, 0.15) is 5.75 Å². The Hall–Kier alpha value is -2.28. The Balaban J connectivity index is 1.60. The van der Waals surface area contributed by atoms with E-state index in [4.69, 9.17) is 9.47 Å². The lowest BCUT2D eigenvalue weighted by Crippen LogP contribution is -2.50. The number of piperazine rings is 1. The Bertz CT molecular complexity index is 581. The van der Waals surface area contributed by atoms with Crippen molar-refractivity contribution < 1.29 is 19.1 Å². The number of nitrogens with zero attached hydrogens (tertiary/aromatic N) is 2. The summed E-state index contributed by atoms with van der Waals surface area (Å²) in [6, 6.07) is 7.82. The van der Waals surface area contributed by atoms with Crippen molar-refractivity contribution in [2.45, 2.75) is 19.8 Å². The van der Waals surface area contributed by atoms with E-state index in [9.17, 15) is 9.59 Å². The van der Waals surface area contributed by atoms with Gasteiger partial charge >= 0.3 is 6.09 Å². The SMILES string of the molecule is COC(=O)N1CCN(CCNC(=O)COc2ccc(C(C)C)cc2)CC1. The lowest BCUT2D eigenvalue weighted by molar-refractivity contribution is -0.123. The molecule has 144 valence electrons. The van der Waals surface area contributed by atoms with E-state index in [1.807, 2.05) is 24.3 Å². The molecule has 2 rings (SSSR count). The van der Waals surface area contributed by atoms with Crippen LogP contribution in [-0.2, 0) is 9.53 Å². The smallest absolute Gasteiger partial charge is 0.409 e. The van der Waals surface area contributed by atoms with Crippen LogP contribution >= 0.6 is 0 Å². The van der Waals surface area contributed by atoms with Crippen LogP contribution in [0.2, 0.25) is 0 Å². The van der Waals surface area contributed by atoms with E-state index in [0.29, 0.717) is 31.3 Å². The molecule has 26 heavy (non-hydrogen) atoms. The monoisotopic (exact) mass is 363 g/mol. The molecule has 2 amide bonds. The second kappa shape index (κ2) is 10.0. The topological polar surface area (TPSA) is 71.1 Å². The molecule has 1 N–H and O–H groups in total. The summed E-state index contributed by atoms with van der Waals surface area (Å²) in [5.41, 5.74) is 1.24. The lowest BCUT2D eigenvalue weighted by atomic mass is 10.0. The zero-order valence-corrected chi connectivity index (χ0v) is 15.9. The molecule has 0 radical (unpaired) electrons. The molecule has 0 bridgehead atoms. The summed E-state index contributed by atoms with van der Waals surface area (Å²) in [7, 11) is 1.39. The number of amides is 2. The number of nitrogens with one attached hydrogen (secondary N) is 1. The molecule has 1 fully saturated rings. The third kappa shape index (κ3) is 6.22. The van der Waals surface area contributed by atoms with Crippen LogP contribution < -0.4 is 10.1 Å². The van der Waals surface area contributed by atoms with E-state index < -0.39 is 0 Å². The van der Waals surface area contributed by atoms with Gasteiger partial charge in [-0.3, -0.25) is 9.69 Å². The van der Waals surface area contributed by atoms with Gasteiger partial charge in [-0.05, 0) is 23.6 Å². The van der Waals surface area contributed by atoms with Crippen LogP contribution in [0.1, 0.15) is 25.3 Å². The summed E-state index contributed by atoms with van der Waals surface area (Å²) in [5.74, 6) is 1.04. The van der Waals surface area contributed by atoms with Gasteiger partial charge in [0, 0.05) is 39.3 Å². The first-order valence-corrected chi connectivity index (χ1v) is 9.04. The average molecular weight is 363 g/mol. The van der Waals surface area contributed by atoms with Crippen LogP contribution in [0.4, 0.5) is 4.79 Å². The lowest BCUT2D eigenvalue weighted by Gasteiger charge is -2.33. The second-order valence-corrected chi connectivity index (χ2v) is 6.66. The van der Waals surface area contributed by atoms with Crippen LogP contribution in [0.3, 0.4) is 0 Å². The van der Waals surface area contributed by atoms with Gasteiger partial charge in [0.05, 0.1) is 7.11 Å². The predicted octanol–water partition coefficient (Wildman–Crippen LogP) is 1.69. The molecular formula is C19H29N3O4. The maximum Gasteiger partial charge on any atom is 0.409 e. The first kappa shape index (κ1) is 20.0. The standard InChI is InChI=1S/C19H29N3O4/c1-15(2)16-4-6-17(7-5-16)26-14-18(23)20-8-9-21-10-12-22(13-11-21)19(24)25-3/h4-7,15H,8-14H2,1-3H3,(H,20,23). The zero-order chi connectivity index (χ0) is 18.9. The fourth-order valence-electron chi connectivity index (χ4n) is 2.79. The summed E-state index contributed by atoms with van der Waals surface area (Å²) in [5, 5.41) is 2.86. The number of rotatable bonds is 7. The van der Waals surface area contributed by atoms with Crippen LogP contribution in [-0.4, -0.2) is 74.8 Å². The van der Waals surface area contributed by atoms with Gasteiger partial charge in [-0.15, -0.1) is 0 Å². The second-order valence-electron chi connectivity index (χ2n) is 6.66. The molecule has 0 unspecified atom stereocenters. The van der Waals surface area contributed by atoms with Crippen LogP contribution in [0, 0.1) is 0 Å². The molecule has 0 aliphatic carbocycles. The van der Waals surface area contributed by atoms with Gasteiger partial charge in [0.2, 0.25) is 0 Å². The quantitative estimate of drug-likeness (QED) is 0.798. The van der Waals surface area contributed by atoms with Crippen LogP contribution in [0.5, 0.6) is 5.75 Å². The van der Waals surface area contributed by atoms with Crippen LogP contribution in [0.15, 0.2) is 24.3 Å². The average Bonchev–Trinajstić information content (AvgIpc) is 2.66. The highest BCUT2D eigenvalue weighted by Crippen LogP contribution is 2.18. The highest BCUT2D eigenvalue weighted by Gasteiger charge is 2.21. The van der Waals surface area contributed by atoms with E-state index >= 15 is 0 Å². The van der Waals surface area contributed by atoms with E-state index in [-0.39, 0.29) is 18.6 Å². The van der Waals surface area contributed by atoms with Gasteiger partial charge < -0.3 is 19.7 Å². The van der Waals surface area contributed by atoms with E-state index in [0.717, 1.165) is 19.6 Å². The molecule has 0 saturated carbocycles. The molecule has 7 heteroatoms. The van der Waals surface area contributed by atoms with Crippen LogP contribution in [0.25, 0.3) is 0 Å². The molecule has 1 aliphatic rings. The third-order valence-electron chi connectivity index (χ3n) is 4.47. The predicted molar refractivity (Wildman–Crippen MR) is 99.5 cm³/mol. The molecule has 0 atom stereocenters. The Morgan fingerprint density at radius 2 is 1.77 bits per heavy atom. The number of ether oxygens (including phenoxy) is 2. The van der Waals surface area contributed by atoms with Crippen molar-refractivity contribution in [2.75, 3.05) is 53.0 Å². The van der Waals surface area contributed by atoms with E-state index in [1.165, 1.54) is 12.7 Å². The Morgan fingerprint density at radius 1 is 1.12 bits per heavy atom. The summed E-state index contributed by atoms with van der Waals surface area (Å²) in [4.78, 5) is 27.2. The number of carbonyl (C=O) groups is 2. The summed E-state index contributed by atoms with van der Waals surface area (Å²) in [6.07, 6.45) is -0.281. The zero-order valence-electron chi connectivity index (χ0n) is 15.9. The maximum atomic E-state index is 11.9. The van der Waals surface area contributed by atoms with E-state index in [1.54, 1.807) is 4.90 Å². The summed E-state index contributed by atoms with van der Waals surface area (Å²) in [6.45, 7) is 8.46.